The van der Waals surface area contributed by atoms with E-state index < -0.39 is 46.7 Å². The Bertz CT molecular complexity index is 617. The monoisotopic (exact) mass is 362 g/mol. The Morgan fingerprint density at radius 2 is 2.05 bits per heavy atom. The van der Waals surface area contributed by atoms with E-state index in [1.807, 2.05) is 0 Å². The summed E-state index contributed by atoms with van der Waals surface area (Å²) in [7, 11) is 0. The van der Waals surface area contributed by atoms with Gasteiger partial charge in [-0.05, 0) is 15.9 Å². The fourth-order valence-electron chi connectivity index (χ4n) is 1.24. The van der Waals surface area contributed by atoms with E-state index in [2.05, 4.69) is 25.7 Å². The lowest BCUT2D eigenvalue weighted by molar-refractivity contribution is -0.386. The fraction of sp³-hybridized carbons (Fsp3) is 0.200. The molecule has 21 heavy (non-hydrogen) atoms. The van der Waals surface area contributed by atoms with Gasteiger partial charge in [-0.25, -0.2) is 4.98 Å². The smallest absolute Gasteiger partial charge is 0.332 e. The van der Waals surface area contributed by atoms with Gasteiger partial charge in [0.1, 0.15) is 0 Å². The number of hydrogen-bond acceptors (Lipinski definition) is 7. The van der Waals surface area contributed by atoms with Crippen LogP contribution in [0.2, 0.25) is 0 Å². The van der Waals surface area contributed by atoms with Gasteiger partial charge in [0.2, 0.25) is 0 Å². The number of aromatic nitrogens is 1. The van der Waals surface area contributed by atoms with E-state index in [9.17, 15) is 24.5 Å². The van der Waals surface area contributed by atoms with Gasteiger partial charge in [0.05, 0.1) is 11.3 Å². The van der Waals surface area contributed by atoms with Crippen LogP contribution in [0.5, 0.6) is 5.88 Å². The number of ether oxygens (including phenoxy) is 1. The molecule has 0 saturated heterocycles. The minimum absolute atomic E-state index is 0.245. The van der Waals surface area contributed by atoms with E-state index in [1.54, 1.807) is 0 Å². The molecule has 0 radical (unpaired) electrons. The molecular weight excluding hydrogens is 356 g/mol. The van der Waals surface area contributed by atoms with Gasteiger partial charge in [-0.3, -0.25) is 24.5 Å². The summed E-state index contributed by atoms with van der Waals surface area (Å²) in [5.74, 6) is -7.42. The number of esters is 1. The second-order valence-electron chi connectivity index (χ2n) is 3.64. The highest BCUT2D eigenvalue weighted by Crippen LogP contribution is 2.28. The minimum atomic E-state index is -1.99. The molecule has 1 heterocycles. The van der Waals surface area contributed by atoms with Crippen molar-refractivity contribution in [3.05, 3.63) is 26.9 Å². The van der Waals surface area contributed by atoms with Gasteiger partial charge in [-0.2, -0.15) is 0 Å². The lowest BCUT2D eigenvalue weighted by atomic mass is 10.1. The van der Waals surface area contributed by atoms with Gasteiger partial charge in [-0.15, -0.1) is 0 Å². The van der Waals surface area contributed by atoms with E-state index >= 15 is 0 Å². The second-order valence-corrected chi connectivity index (χ2v) is 4.56. The molecule has 1 rings (SSSR count). The quantitative estimate of drug-likeness (QED) is 0.323. The molecule has 0 bridgehead atoms. The second kappa shape index (κ2) is 6.74. The van der Waals surface area contributed by atoms with Crippen molar-refractivity contribution in [2.45, 2.75) is 6.42 Å². The number of hydrogen-bond donors (Lipinski definition) is 2. The van der Waals surface area contributed by atoms with Crippen LogP contribution in [0.25, 0.3) is 0 Å². The maximum absolute atomic E-state index is 11.6. The molecular formula is C10H7BrN2O8. The Balaban J connectivity index is 3.04. The van der Waals surface area contributed by atoms with E-state index in [0.717, 1.165) is 12.3 Å². The maximum Gasteiger partial charge on any atom is 0.332 e. The number of nitro groups is 1. The van der Waals surface area contributed by atoms with Crippen LogP contribution in [0, 0.1) is 16.0 Å². The van der Waals surface area contributed by atoms with E-state index in [4.69, 9.17) is 10.2 Å². The summed E-state index contributed by atoms with van der Waals surface area (Å²) < 4.78 is 4.77. The number of carbonyl (C=O) groups excluding carboxylic acids is 1. The third-order valence-corrected chi connectivity index (χ3v) is 2.59. The van der Waals surface area contributed by atoms with Crippen molar-refractivity contribution in [1.82, 2.24) is 4.98 Å². The highest BCUT2D eigenvalue weighted by Gasteiger charge is 2.33. The van der Waals surface area contributed by atoms with Gasteiger partial charge in [-0.1, -0.05) is 0 Å². The Morgan fingerprint density at radius 3 is 2.52 bits per heavy atom. The first-order valence-corrected chi connectivity index (χ1v) is 5.98. The van der Waals surface area contributed by atoms with Crippen molar-refractivity contribution in [3.63, 3.8) is 0 Å². The van der Waals surface area contributed by atoms with Crippen LogP contribution in [0.4, 0.5) is 5.69 Å². The fourth-order valence-corrected chi connectivity index (χ4v) is 1.56. The average Bonchev–Trinajstić information content (AvgIpc) is 2.37. The number of aliphatic carboxylic acids is 2. The summed E-state index contributed by atoms with van der Waals surface area (Å²) in [6.07, 6.45) is 0.0844. The van der Waals surface area contributed by atoms with Crippen molar-refractivity contribution >= 4 is 39.5 Å². The molecule has 1 aromatic rings. The van der Waals surface area contributed by atoms with Crippen LogP contribution in [-0.4, -0.2) is 38.0 Å². The number of carbonyl (C=O) groups is 3. The first-order valence-electron chi connectivity index (χ1n) is 5.18. The van der Waals surface area contributed by atoms with Crippen molar-refractivity contribution in [2.24, 2.45) is 5.92 Å². The Morgan fingerprint density at radius 1 is 1.43 bits per heavy atom. The van der Waals surface area contributed by atoms with Crippen molar-refractivity contribution < 1.29 is 34.3 Å². The topological polar surface area (TPSA) is 157 Å². The van der Waals surface area contributed by atoms with Crippen LogP contribution in [-0.2, 0) is 14.4 Å². The summed E-state index contributed by atoms with van der Waals surface area (Å²) in [6, 6.07) is 1.00. The summed E-state index contributed by atoms with van der Waals surface area (Å²) in [5.41, 5.74) is -0.669. The number of carboxylic acids is 2. The highest BCUT2D eigenvalue weighted by atomic mass is 79.9. The Hall–Kier alpha value is -2.56. The van der Waals surface area contributed by atoms with Crippen molar-refractivity contribution in [1.29, 1.82) is 0 Å². The number of carboxylic acid groups (broad SMARTS) is 2. The molecule has 0 saturated carbocycles. The van der Waals surface area contributed by atoms with Crippen LogP contribution < -0.4 is 4.74 Å². The SMILES string of the molecule is O=C(O)CC(C(=O)O)C(=O)Oc1ncc(Br)cc1[N+](=O)[O-]. The van der Waals surface area contributed by atoms with Gasteiger partial charge in [0.25, 0.3) is 0 Å². The van der Waals surface area contributed by atoms with E-state index in [0.29, 0.717) is 0 Å². The maximum atomic E-state index is 11.6. The van der Waals surface area contributed by atoms with Crippen LogP contribution in [0.1, 0.15) is 6.42 Å². The van der Waals surface area contributed by atoms with Crippen LogP contribution >= 0.6 is 15.9 Å². The molecule has 10 nitrogen and oxygen atoms in total. The summed E-state index contributed by atoms with van der Waals surface area (Å²) in [6.45, 7) is 0. The molecule has 1 unspecified atom stereocenters. The minimum Gasteiger partial charge on any atom is -0.481 e. The molecule has 0 spiro atoms. The largest absolute Gasteiger partial charge is 0.481 e. The first kappa shape index (κ1) is 16.5. The molecule has 0 aromatic carbocycles. The molecule has 0 aliphatic heterocycles. The number of pyridine rings is 1. The average molecular weight is 363 g/mol. The standard InChI is InChI=1S/C10H7BrN2O8/c11-4-1-6(13(19)20)8(12-3-4)21-10(18)5(9(16)17)2-7(14)15/h1,3,5H,2H2,(H,14,15)(H,16,17). The van der Waals surface area contributed by atoms with Gasteiger partial charge >= 0.3 is 29.5 Å². The molecule has 0 aliphatic carbocycles. The summed E-state index contributed by atoms with van der Waals surface area (Å²) >= 11 is 2.94. The Labute approximate surface area is 124 Å². The summed E-state index contributed by atoms with van der Waals surface area (Å²) in [4.78, 5) is 46.3. The molecule has 0 fully saturated rings. The Kier molecular flexibility index (Phi) is 5.30. The predicted molar refractivity (Wildman–Crippen MR) is 67.6 cm³/mol. The predicted octanol–water partition coefficient (Wildman–Crippen LogP) is 0.833. The molecule has 1 atom stereocenters. The van der Waals surface area contributed by atoms with Crippen LogP contribution in [0.3, 0.4) is 0 Å². The lowest BCUT2D eigenvalue weighted by Crippen LogP contribution is -2.30. The molecule has 2 N–H and O–H groups in total. The van der Waals surface area contributed by atoms with E-state index in [1.165, 1.54) is 0 Å². The third kappa shape index (κ3) is 4.49. The number of nitrogens with zero attached hydrogens (tertiary/aromatic N) is 2. The van der Waals surface area contributed by atoms with Gasteiger partial charge in [0, 0.05) is 16.7 Å². The third-order valence-electron chi connectivity index (χ3n) is 2.15. The molecule has 11 heteroatoms. The highest BCUT2D eigenvalue weighted by molar-refractivity contribution is 9.10. The van der Waals surface area contributed by atoms with Crippen molar-refractivity contribution in [3.8, 4) is 5.88 Å². The molecule has 1 aromatic heterocycles. The van der Waals surface area contributed by atoms with Crippen molar-refractivity contribution in [2.75, 3.05) is 0 Å². The van der Waals surface area contributed by atoms with Gasteiger partial charge in [0.15, 0.2) is 5.92 Å². The zero-order chi connectivity index (χ0) is 16.2. The molecule has 0 amide bonds. The zero-order valence-corrected chi connectivity index (χ0v) is 11.6. The molecule has 0 aliphatic rings. The van der Waals surface area contributed by atoms with Gasteiger partial charge < -0.3 is 14.9 Å². The lowest BCUT2D eigenvalue weighted by Gasteiger charge is -2.09. The summed E-state index contributed by atoms with van der Waals surface area (Å²) in [5, 5.41) is 28.1. The normalized spacial score (nSPS) is 11.5. The van der Waals surface area contributed by atoms with Crippen LogP contribution in [0.15, 0.2) is 16.7 Å². The first-order chi connectivity index (χ1) is 9.72. The number of rotatable bonds is 6. The molecule has 112 valence electrons. The zero-order valence-electron chi connectivity index (χ0n) is 10.1. The number of halogens is 1. The van der Waals surface area contributed by atoms with E-state index in [-0.39, 0.29) is 4.47 Å².